The Hall–Kier alpha value is -8.40. The van der Waals surface area contributed by atoms with Crippen molar-refractivity contribution in [1.82, 2.24) is 0 Å². The Labute approximate surface area is 421 Å². The van der Waals surface area contributed by atoms with E-state index >= 15 is 0 Å². The molecule has 0 radical (unpaired) electrons. The van der Waals surface area contributed by atoms with Crippen LogP contribution in [0.25, 0.3) is 33.4 Å². The molecule has 0 aliphatic carbocycles. The van der Waals surface area contributed by atoms with Crippen LogP contribution in [0.15, 0.2) is 249 Å². The second kappa shape index (κ2) is 21.5. The molecule has 3 nitrogen and oxygen atoms in total. The lowest BCUT2D eigenvalue weighted by atomic mass is 10.0. The van der Waals surface area contributed by atoms with Crippen LogP contribution in [0.4, 0.5) is 51.2 Å². The van der Waals surface area contributed by atoms with Crippen LogP contribution in [0.5, 0.6) is 0 Å². The molecule has 0 saturated heterocycles. The summed E-state index contributed by atoms with van der Waals surface area (Å²) in [7, 11) is 0. The molecule has 0 spiro atoms. The maximum atomic E-state index is 2.35. The van der Waals surface area contributed by atoms with Crippen molar-refractivity contribution in [1.29, 1.82) is 0 Å². The van der Waals surface area contributed by atoms with Gasteiger partial charge in [0.2, 0.25) is 0 Å². The standard InChI is InChI=1S/C68H61N3/c1-5-50-14-32-60(33-15-50)69(61-34-16-51(6-2)17-35-61)64-42-24-56(25-43-64)58-28-46-67(47-29-58)71(66-40-22-55(23-41-66)54-12-10-9-11-13-54)68-48-30-59(31-49-68)57-26-44-65(45-27-57)70(62-36-18-52(7-3)19-37-62)63-38-20-53(8-4)21-39-63/h9-49H,5-8H2,1-4H3. The molecule has 0 saturated carbocycles. The molecule has 0 fully saturated rings. The summed E-state index contributed by atoms with van der Waals surface area (Å²) in [6.07, 6.45) is 4.07. The Morgan fingerprint density at radius 3 is 0.507 bits per heavy atom. The summed E-state index contributed by atoms with van der Waals surface area (Å²) in [5, 5.41) is 0. The molecule has 0 heterocycles. The van der Waals surface area contributed by atoms with Crippen molar-refractivity contribution >= 4 is 51.2 Å². The van der Waals surface area contributed by atoms with Gasteiger partial charge in [0.1, 0.15) is 0 Å². The van der Waals surface area contributed by atoms with Crippen LogP contribution in [0.2, 0.25) is 0 Å². The second-order valence-electron chi connectivity index (χ2n) is 18.2. The molecule has 0 amide bonds. The van der Waals surface area contributed by atoms with Crippen molar-refractivity contribution < 1.29 is 0 Å². The van der Waals surface area contributed by atoms with E-state index in [1.54, 1.807) is 0 Å². The van der Waals surface area contributed by atoms with Crippen LogP contribution in [0.1, 0.15) is 49.9 Å². The first kappa shape index (κ1) is 46.3. The molecule has 0 unspecified atom stereocenters. The minimum absolute atomic E-state index is 1.02. The average Bonchev–Trinajstić information content (AvgIpc) is 3.45. The third kappa shape index (κ3) is 10.3. The maximum absolute atomic E-state index is 2.35. The molecule has 10 aromatic carbocycles. The first-order chi connectivity index (χ1) is 35.0. The van der Waals surface area contributed by atoms with Gasteiger partial charge in [-0.05, 0) is 191 Å². The van der Waals surface area contributed by atoms with Gasteiger partial charge in [0.05, 0.1) is 0 Å². The van der Waals surface area contributed by atoms with Crippen LogP contribution in [0, 0.1) is 0 Å². The van der Waals surface area contributed by atoms with E-state index in [0.717, 1.165) is 76.9 Å². The molecule has 71 heavy (non-hydrogen) atoms. The van der Waals surface area contributed by atoms with Gasteiger partial charge in [-0.1, -0.05) is 167 Å². The number of anilines is 9. The summed E-state index contributed by atoms with van der Waals surface area (Å²) in [5.74, 6) is 0. The smallest absolute Gasteiger partial charge is 0.0462 e. The first-order valence-electron chi connectivity index (χ1n) is 25.3. The van der Waals surface area contributed by atoms with Crippen LogP contribution in [0.3, 0.4) is 0 Å². The molecular formula is C68H61N3. The predicted octanol–water partition coefficient (Wildman–Crippen LogP) is 19.3. The number of benzene rings is 10. The van der Waals surface area contributed by atoms with E-state index in [4.69, 9.17) is 0 Å². The van der Waals surface area contributed by atoms with Crippen molar-refractivity contribution in [2.24, 2.45) is 0 Å². The van der Waals surface area contributed by atoms with Gasteiger partial charge in [-0.2, -0.15) is 0 Å². The summed E-state index contributed by atoms with van der Waals surface area (Å²) >= 11 is 0. The molecule has 0 atom stereocenters. The highest BCUT2D eigenvalue weighted by Gasteiger charge is 2.17. The van der Waals surface area contributed by atoms with E-state index in [-0.39, 0.29) is 0 Å². The molecule has 348 valence electrons. The summed E-state index contributed by atoms with van der Waals surface area (Å²) in [4.78, 5) is 7.05. The van der Waals surface area contributed by atoms with Gasteiger partial charge in [0.15, 0.2) is 0 Å². The fourth-order valence-electron chi connectivity index (χ4n) is 9.51. The molecule has 3 heteroatoms. The quantitative estimate of drug-likeness (QED) is 0.0956. The molecule has 0 N–H and O–H groups in total. The van der Waals surface area contributed by atoms with Gasteiger partial charge in [-0.25, -0.2) is 0 Å². The third-order valence-electron chi connectivity index (χ3n) is 13.8. The van der Waals surface area contributed by atoms with Crippen molar-refractivity contribution in [3.8, 4) is 33.4 Å². The monoisotopic (exact) mass is 919 g/mol. The Bertz CT molecular complexity index is 2970. The first-order valence-corrected chi connectivity index (χ1v) is 25.3. The Kier molecular flexibility index (Phi) is 14.0. The summed E-state index contributed by atoms with van der Waals surface area (Å²) < 4.78 is 0. The molecule has 0 bridgehead atoms. The van der Waals surface area contributed by atoms with Crippen LogP contribution < -0.4 is 14.7 Å². The molecule has 10 aromatic rings. The number of nitrogens with zero attached hydrogens (tertiary/aromatic N) is 3. The summed E-state index contributed by atoms with van der Waals surface area (Å²) in [6, 6.07) is 91.2. The molecule has 0 aliphatic heterocycles. The minimum atomic E-state index is 1.02. The van der Waals surface area contributed by atoms with E-state index in [9.17, 15) is 0 Å². The normalized spacial score (nSPS) is 11.0. The summed E-state index contributed by atoms with van der Waals surface area (Å²) in [5.41, 5.74) is 22.5. The lowest BCUT2D eigenvalue weighted by Crippen LogP contribution is -2.10. The molecule has 10 rings (SSSR count). The van der Waals surface area contributed by atoms with Crippen molar-refractivity contribution in [3.63, 3.8) is 0 Å². The lowest BCUT2D eigenvalue weighted by molar-refractivity contribution is 1.13. The average molecular weight is 920 g/mol. The number of rotatable bonds is 16. The Morgan fingerprint density at radius 1 is 0.183 bits per heavy atom. The van der Waals surface area contributed by atoms with Gasteiger partial charge in [0, 0.05) is 51.2 Å². The molecule has 0 aromatic heterocycles. The fourth-order valence-corrected chi connectivity index (χ4v) is 9.51. The van der Waals surface area contributed by atoms with Gasteiger partial charge in [-0.3, -0.25) is 0 Å². The fraction of sp³-hybridized carbons (Fsp3) is 0.118. The zero-order valence-electron chi connectivity index (χ0n) is 41.3. The van der Waals surface area contributed by atoms with Crippen LogP contribution >= 0.6 is 0 Å². The highest BCUT2D eigenvalue weighted by Crippen LogP contribution is 2.41. The SMILES string of the molecule is CCc1ccc(N(c2ccc(CC)cc2)c2ccc(-c3ccc(N(c4ccc(-c5ccccc5)cc4)c4ccc(-c5ccc(N(c6ccc(CC)cc6)c6ccc(CC)cc6)cc5)cc4)cc3)cc2)cc1. The molecular weight excluding hydrogens is 859 g/mol. The Balaban J connectivity index is 0.940. The zero-order chi connectivity index (χ0) is 48.5. The molecule has 0 aliphatic rings. The lowest BCUT2D eigenvalue weighted by Gasteiger charge is -2.27. The van der Waals surface area contributed by atoms with Gasteiger partial charge in [-0.15, -0.1) is 0 Å². The Morgan fingerprint density at radius 2 is 0.338 bits per heavy atom. The van der Waals surface area contributed by atoms with E-state index in [1.807, 2.05) is 0 Å². The minimum Gasteiger partial charge on any atom is -0.311 e. The summed E-state index contributed by atoms with van der Waals surface area (Å²) in [6.45, 7) is 8.81. The highest BCUT2D eigenvalue weighted by molar-refractivity contribution is 5.84. The van der Waals surface area contributed by atoms with Crippen LogP contribution in [-0.4, -0.2) is 0 Å². The van der Waals surface area contributed by atoms with E-state index < -0.39 is 0 Å². The van der Waals surface area contributed by atoms with Gasteiger partial charge in [0.25, 0.3) is 0 Å². The van der Waals surface area contributed by atoms with Gasteiger partial charge < -0.3 is 14.7 Å². The third-order valence-corrected chi connectivity index (χ3v) is 13.8. The number of hydrogen-bond donors (Lipinski definition) is 0. The highest BCUT2D eigenvalue weighted by atomic mass is 15.2. The van der Waals surface area contributed by atoms with E-state index in [1.165, 1.54) is 55.6 Å². The van der Waals surface area contributed by atoms with E-state index in [2.05, 4.69) is 291 Å². The van der Waals surface area contributed by atoms with Crippen molar-refractivity contribution in [2.75, 3.05) is 14.7 Å². The van der Waals surface area contributed by atoms with Crippen LogP contribution in [-0.2, 0) is 25.7 Å². The van der Waals surface area contributed by atoms with Crippen molar-refractivity contribution in [3.05, 3.63) is 271 Å². The van der Waals surface area contributed by atoms with Gasteiger partial charge >= 0.3 is 0 Å². The largest absolute Gasteiger partial charge is 0.311 e. The maximum Gasteiger partial charge on any atom is 0.0462 e. The topological polar surface area (TPSA) is 9.72 Å². The predicted molar refractivity (Wildman–Crippen MR) is 304 cm³/mol. The number of hydrogen-bond acceptors (Lipinski definition) is 3. The van der Waals surface area contributed by atoms with E-state index in [0.29, 0.717) is 0 Å². The second-order valence-corrected chi connectivity index (χ2v) is 18.2. The van der Waals surface area contributed by atoms with Crippen molar-refractivity contribution in [2.45, 2.75) is 53.4 Å². The zero-order valence-corrected chi connectivity index (χ0v) is 41.3. The number of aryl methyl sites for hydroxylation is 4.